The summed E-state index contributed by atoms with van der Waals surface area (Å²) in [5.74, 6) is 2.27. The summed E-state index contributed by atoms with van der Waals surface area (Å²) >= 11 is 0. The predicted octanol–water partition coefficient (Wildman–Crippen LogP) is 3.62. The number of fused-ring (bicyclic) bond motifs is 1. The fourth-order valence-corrected chi connectivity index (χ4v) is 3.36. The van der Waals surface area contributed by atoms with Gasteiger partial charge in [-0.1, -0.05) is 30.3 Å². The minimum absolute atomic E-state index is 0.650. The van der Waals surface area contributed by atoms with Gasteiger partial charge in [0, 0.05) is 18.8 Å². The van der Waals surface area contributed by atoms with E-state index in [0.29, 0.717) is 5.95 Å². The highest BCUT2D eigenvalue weighted by Gasteiger charge is 2.20. The molecule has 1 N–H and O–H groups in total. The monoisotopic (exact) mass is 361 g/mol. The summed E-state index contributed by atoms with van der Waals surface area (Å²) in [6.07, 6.45) is 4.76. The molecule has 0 amide bonds. The van der Waals surface area contributed by atoms with Crippen LogP contribution < -0.4 is 15.0 Å². The maximum atomic E-state index is 5.19. The Balaban J connectivity index is 1.42. The van der Waals surface area contributed by atoms with E-state index >= 15 is 0 Å². The summed E-state index contributed by atoms with van der Waals surface area (Å²) < 4.78 is 5.19. The van der Waals surface area contributed by atoms with Crippen LogP contribution in [0.3, 0.4) is 0 Å². The molecule has 6 nitrogen and oxygen atoms in total. The summed E-state index contributed by atoms with van der Waals surface area (Å²) in [5.41, 5.74) is 3.77. The molecule has 0 unspecified atom stereocenters. The SMILES string of the molecule is COc1ccc(CCNc2cnnc(N3CCCc4ccccc43)n2)cc1. The lowest BCUT2D eigenvalue weighted by Crippen LogP contribution is -2.26. The molecule has 0 aliphatic carbocycles. The molecule has 138 valence electrons. The Morgan fingerprint density at radius 1 is 1.11 bits per heavy atom. The second-order valence-electron chi connectivity index (χ2n) is 6.55. The normalized spacial score (nSPS) is 13.1. The van der Waals surface area contributed by atoms with E-state index < -0.39 is 0 Å². The quantitative estimate of drug-likeness (QED) is 0.723. The van der Waals surface area contributed by atoms with Gasteiger partial charge >= 0.3 is 0 Å². The van der Waals surface area contributed by atoms with Crippen molar-refractivity contribution in [2.75, 3.05) is 30.4 Å². The van der Waals surface area contributed by atoms with E-state index in [-0.39, 0.29) is 0 Å². The van der Waals surface area contributed by atoms with E-state index in [2.05, 4.69) is 61.8 Å². The molecule has 0 atom stereocenters. The molecule has 1 aliphatic heterocycles. The fraction of sp³-hybridized carbons (Fsp3) is 0.286. The topological polar surface area (TPSA) is 63.2 Å². The highest BCUT2D eigenvalue weighted by atomic mass is 16.5. The number of aryl methyl sites for hydroxylation is 1. The third-order valence-corrected chi connectivity index (χ3v) is 4.78. The molecule has 3 aromatic rings. The molecule has 0 saturated carbocycles. The van der Waals surface area contributed by atoms with Gasteiger partial charge in [0.25, 0.3) is 5.95 Å². The Kier molecular flexibility index (Phi) is 5.14. The smallest absolute Gasteiger partial charge is 0.251 e. The molecule has 27 heavy (non-hydrogen) atoms. The van der Waals surface area contributed by atoms with Crippen LogP contribution in [-0.2, 0) is 12.8 Å². The lowest BCUT2D eigenvalue weighted by atomic mass is 10.0. The number of anilines is 3. The summed E-state index contributed by atoms with van der Waals surface area (Å²) in [7, 11) is 1.68. The van der Waals surface area contributed by atoms with Crippen LogP contribution in [0.2, 0.25) is 0 Å². The van der Waals surface area contributed by atoms with Crippen LogP contribution in [0.25, 0.3) is 0 Å². The molecule has 0 bridgehead atoms. The van der Waals surface area contributed by atoms with Crippen molar-refractivity contribution in [2.45, 2.75) is 19.3 Å². The van der Waals surface area contributed by atoms with Gasteiger partial charge in [-0.05, 0) is 48.6 Å². The minimum atomic E-state index is 0.650. The molecule has 6 heteroatoms. The van der Waals surface area contributed by atoms with Crippen molar-refractivity contribution in [1.29, 1.82) is 0 Å². The zero-order valence-corrected chi connectivity index (χ0v) is 15.4. The number of para-hydroxylation sites is 1. The van der Waals surface area contributed by atoms with Gasteiger partial charge in [-0.2, -0.15) is 10.1 Å². The van der Waals surface area contributed by atoms with E-state index in [1.807, 2.05) is 12.1 Å². The number of benzene rings is 2. The number of hydrogen-bond acceptors (Lipinski definition) is 6. The Morgan fingerprint density at radius 3 is 2.81 bits per heavy atom. The predicted molar refractivity (Wildman–Crippen MR) is 107 cm³/mol. The zero-order valence-electron chi connectivity index (χ0n) is 15.4. The van der Waals surface area contributed by atoms with Gasteiger partial charge in [0.1, 0.15) is 5.75 Å². The Bertz CT molecular complexity index is 897. The average molecular weight is 361 g/mol. The Labute approximate surface area is 159 Å². The lowest BCUT2D eigenvalue weighted by molar-refractivity contribution is 0.414. The highest BCUT2D eigenvalue weighted by molar-refractivity contribution is 5.63. The molecule has 0 saturated heterocycles. The van der Waals surface area contributed by atoms with Gasteiger partial charge in [-0.3, -0.25) is 0 Å². The van der Waals surface area contributed by atoms with Crippen LogP contribution in [0.5, 0.6) is 5.75 Å². The molecular formula is C21H23N5O. The summed E-state index contributed by atoms with van der Waals surface area (Å²) in [4.78, 5) is 6.83. The first kappa shape index (κ1) is 17.3. The fourth-order valence-electron chi connectivity index (χ4n) is 3.36. The van der Waals surface area contributed by atoms with Crippen LogP contribution in [0.4, 0.5) is 17.5 Å². The first-order chi connectivity index (χ1) is 13.3. The first-order valence-corrected chi connectivity index (χ1v) is 9.25. The summed E-state index contributed by atoms with van der Waals surface area (Å²) in [6.45, 7) is 1.69. The van der Waals surface area contributed by atoms with Crippen LogP contribution in [0, 0.1) is 0 Å². The molecule has 2 heterocycles. The third kappa shape index (κ3) is 4.00. The molecule has 1 aliphatic rings. The number of hydrogen-bond donors (Lipinski definition) is 1. The van der Waals surface area contributed by atoms with Crippen molar-refractivity contribution in [3.05, 3.63) is 65.9 Å². The maximum Gasteiger partial charge on any atom is 0.251 e. The minimum Gasteiger partial charge on any atom is -0.497 e. The van der Waals surface area contributed by atoms with Crippen LogP contribution in [0.1, 0.15) is 17.5 Å². The lowest BCUT2D eigenvalue weighted by Gasteiger charge is -2.29. The molecule has 1 aromatic heterocycles. The van der Waals surface area contributed by atoms with Crippen molar-refractivity contribution < 1.29 is 4.74 Å². The molecule has 0 spiro atoms. The largest absolute Gasteiger partial charge is 0.497 e. The van der Waals surface area contributed by atoms with Crippen molar-refractivity contribution in [3.8, 4) is 5.75 Å². The van der Waals surface area contributed by atoms with Crippen molar-refractivity contribution >= 4 is 17.5 Å². The Morgan fingerprint density at radius 2 is 1.96 bits per heavy atom. The first-order valence-electron chi connectivity index (χ1n) is 9.25. The van der Waals surface area contributed by atoms with E-state index in [4.69, 9.17) is 4.74 Å². The van der Waals surface area contributed by atoms with Crippen molar-refractivity contribution in [3.63, 3.8) is 0 Å². The Hall–Kier alpha value is -3.15. The molecule has 0 radical (unpaired) electrons. The van der Waals surface area contributed by atoms with Gasteiger partial charge in [-0.25, -0.2) is 0 Å². The standard InChI is InChI=1S/C21H23N5O/c1-27-18-10-8-16(9-11-18)12-13-22-20-15-23-25-21(24-20)26-14-4-6-17-5-2-3-7-19(17)26/h2-3,5,7-11,15H,4,6,12-14H2,1H3,(H,22,24,25). The van der Waals surface area contributed by atoms with Gasteiger partial charge in [0.2, 0.25) is 0 Å². The van der Waals surface area contributed by atoms with Gasteiger partial charge in [-0.15, -0.1) is 5.10 Å². The second-order valence-corrected chi connectivity index (χ2v) is 6.55. The number of rotatable bonds is 6. The molecule has 2 aromatic carbocycles. The van der Waals surface area contributed by atoms with Crippen LogP contribution in [-0.4, -0.2) is 35.4 Å². The molecular weight excluding hydrogens is 338 g/mol. The summed E-state index contributed by atoms with van der Waals surface area (Å²) in [6, 6.07) is 16.6. The van der Waals surface area contributed by atoms with E-state index in [1.165, 1.54) is 16.8 Å². The zero-order chi connectivity index (χ0) is 18.5. The highest BCUT2D eigenvalue weighted by Crippen LogP contribution is 2.31. The number of nitrogens with one attached hydrogen (secondary N) is 1. The molecule has 4 rings (SSSR count). The van der Waals surface area contributed by atoms with Crippen molar-refractivity contribution in [1.82, 2.24) is 15.2 Å². The number of ether oxygens (including phenoxy) is 1. The average Bonchev–Trinajstić information content (AvgIpc) is 2.74. The van der Waals surface area contributed by atoms with Gasteiger partial charge in [0.15, 0.2) is 5.82 Å². The maximum absolute atomic E-state index is 5.19. The van der Waals surface area contributed by atoms with E-state index in [0.717, 1.165) is 43.9 Å². The number of methoxy groups -OCH3 is 1. The number of nitrogens with zero attached hydrogens (tertiary/aromatic N) is 4. The van der Waals surface area contributed by atoms with E-state index in [9.17, 15) is 0 Å². The van der Waals surface area contributed by atoms with Crippen LogP contribution in [0.15, 0.2) is 54.7 Å². The van der Waals surface area contributed by atoms with Gasteiger partial charge < -0.3 is 15.0 Å². The number of aromatic nitrogens is 3. The summed E-state index contributed by atoms with van der Waals surface area (Å²) in [5, 5.41) is 11.8. The van der Waals surface area contributed by atoms with Crippen molar-refractivity contribution in [2.24, 2.45) is 0 Å². The third-order valence-electron chi connectivity index (χ3n) is 4.78. The van der Waals surface area contributed by atoms with Crippen LogP contribution >= 0.6 is 0 Å². The van der Waals surface area contributed by atoms with E-state index in [1.54, 1.807) is 13.3 Å². The van der Waals surface area contributed by atoms with Gasteiger partial charge in [0.05, 0.1) is 13.3 Å². The second kappa shape index (κ2) is 8.03. The molecule has 0 fully saturated rings.